The first-order valence-corrected chi connectivity index (χ1v) is 8.92. The van der Waals surface area contributed by atoms with Gasteiger partial charge in [-0.15, -0.1) is 0 Å². The number of nitrogens with zero attached hydrogens (tertiary/aromatic N) is 5. The zero-order valence-electron chi connectivity index (χ0n) is 14.6. The van der Waals surface area contributed by atoms with Crippen molar-refractivity contribution < 1.29 is 4.74 Å². The number of hydrogen-bond donors (Lipinski definition) is 1. The Kier molecular flexibility index (Phi) is 4.56. The Bertz CT molecular complexity index is 1110. The normalized spacial score (nSPS) is 15.0. The number of anilines is 2. The Morgan fingerprint density at radius 1 is 1.37 bits per heavy atom. The van der Waals surface area contributed by atoms with E-state index in [1.165, 1.54) is 0 Å². The van der Waals surface area contributed by atoms with Crippen LogP contribution in [0, 0.1) is 6.57 Å². The number of ether oxygens (including phenoxy) is 1. The highest BCUT2D eigenvalue weighted by Crippen LogP contribution is 2.29. The minimum absolute atomic E-state index is 0.0548. The van der Waals surface area contributed by atoms with E-state index in [1.54, 1.807) is 40.6 Å². The second-order valence-electron chi connectivity index (χ2n) is 6.36. The minimum atomic E-state index is -0.109. The van der Waals surface area contributed by atoms with Gasteiger partial charge < -0.3 is 10.1 Å². The van der Waals surface area contributed by atoms with Crippen LogP contribution >= 0.6 is 11.6 Å². The maximum Gasteiger partial charge on any atom is 0.330 e. The van der Waals surface area contributed by atoms with Gasteiger partial charge in [0.05, 0.1) is 23.5 Å². The molecule has 8 nitrogen and oxygen atoms in total. The Morgan fingerprint density at radius 2 is 2.15 bits per heavy atom. The van der Waals surface area contributed by atoms with Gasteiger partial charge in [-0.2, -0.15) is 4.98 Å². The van der Waals surface area contributed by atoms with Gasteiger partial charge in [0.2, 0.25) is 5.95 Å². The molecule has 1 aliphatic heterocycles. The third-order valence-corrected chi connectivity index (χ3v) is 5.03. The van der Waals surface area contributed by atoms with E-state index in [0.29, 0.717) is 46.7 Å². The van der Waals surface area contributed by atoms with Gasteiger partial charge in [-0.1, -0.05) is 17.7 Å². The maximum absolute atomic E-state index is 12.7. The molecule has 2 aromatic heterocycles. The lowest BCUT2D eigenvalue weighted by atomic mass is 10.1. The molecule has 27 heavy (non-hydrogen) atoms. The molecule has 3 aromatic rings. The summed E-state index contributed by atoms with van der Waals surface area (Å²) >= 11 is 6.22. The SMILES string of the molecule is [C-]#[N+]c1ccc(Nc2ncc3c(n2)n(C2CCOCC2)c(=O)n3C)c(Cl)c1. The molecular weight excluding hydrogens is 368 g/mol. The standard InChI is InChI=1S/C18H17ClN6O2/c1-20-11-3-4-14(13(19)9-11)22-17-21-10-15-16(23-17)25(18(26)24(15)2)12-5-7-27-8-6-12/h3-4,9-10,12H,5-8H2,2H3,(H,21,22,23). The maximum atomic E-state index is 12.7. The second-order valence-corrected chi connectivity index (χ2v) is 6.77. The Balaban J connectivity index is 1.75. The van der Waals surface area contributed by atoms with Crippen molar-refractivity contribution in [3.63, 3.8) is 0 Å². The van der Waals surface area contributed by atoms with Gasteiger partial charge in [0.1, 0.15) is 5.52 Å². The smallest absolute Gasteiger partial charge is 0.330 e. The summed E-state index contributed by atoms with van der Waals surface area (Å²) in [6.07, 6.45) is 3.18. The van der Waals surface area contributed by atoms with E-state index in [4.69, 9.17) is 22.9 Å². The number of nitrogens with one attached hydrogen (secondary N) is 1. The van der Waals surface area contributed by atoms with Gasteiger partial charge in [0, 0.05) is 26.3 Å². The van der Waals surface area contributed by atoms with Crippen LogP contribution < -0.4 is 11.0 Å². The molecular formula is C18H17ClN6O2. The number of benzene rings is 1. The highest BCUT2D eigenvalue weighted by Gasteiger charge is 2.23. The van der Waals surface area contributed by atoms with Crippen molar-refractivity contribution in [1.29, 1.82) is 0 Å². The van der Waals surface area contributed by atoms with Crippen molar-refractivity contribution in [2.75, 3.05) is 18.5 Å². The van der Waals surface area contributed by atoms with E-state index < -0.39 is 0 Å². The molecule has 9 heteroatoms. The summed E-state index contributed by atoms with van der Waals surface area (Å²) in [5.41, 5.74) is 2.20. The highest BCUT2D eigenvalue weighted by atomic mass is 35.5. The summed E-state index contributed by atoms with van der Waals surface area (Å²) in [4.78, 5) is 25.0. The van der Waals surface area contributed by atoms with Crippen molar-refractivity contribution >= 4 is 40.1 Å². The van der Waals surface area contributed by atoms with Crippen LogP contribution in [-0.4, -0.2) is 32.3 Å². The van der Waals surface area contributed by atoms with Gasteiger partial charge >= 0.3 is 5.69 Å². The predicted molar refractivity (Wildman–Crippen MR) is 103 cm³/mol. The summed E-state index contributed by atoms with van der Waals surface area (Å²) in [5.74, 6) is 0.339. The fraction of sp³-hybridized carbons (Fsp3) is 0.333. The molecule has 0 spiro atoms. The van der Waals surface area contributed by atoms with E-state index in [0.717, 1.165) is 12.8 Å². The summed E-state index contributed by atoms with van der Waals surface area (Å²) in [6, 6.07) is 5.01. The van der Waals surface area contributed by atoms with Crippen LogP contribution in [0.15, 0.2) is 29.2 Å². The first-order valence-electron chi connectivity index (χ1n) is 8.54. The van der Waals surface area contributed by atoms with Gasteiger partial charge in [-0.05, 0) is 25.0 Å². The van der Waals surface area contributed by atoms with E-state index in [9.17, 15) is 4.79 Å². The largest absolute Gasteiger partial charge is 0.381 e. The third kappa shape index (κ3) is 3.16. The van der Waals surface area contributed by atoms with Crippen LogP contribution in [-0.2, 0) is 11.8 Å². The van der Waals surface area contributed by atoms with Crippen molar-refractivity contribution in [2.24, 2.45) is 7.05 Å². The second kappa shape index (κ2) is 7.02. The molecule has 0 amide bonds. The average Bonchev–Trinajstić information content (AvgIpc) is 2.94. The fourth-order valence-electron chi connectivity index (χ4n) is 3.26. The van der Waals surface area contributed by atoms with Crippen LogP contribution in [0.3, 0.4) is 0 Å². The number of aromatic nitrogens is 4. The summed E-state index contributed by atoms with van der Waals surface area (Å²) in [5, 5.41) is 3.47. The average molecular weight is 385 g/mol. The highest BCUT2D eigenvalue weighted by molar-refractivity contribution is 6.33. The Morgan fingerprint density at radius 3 is 2.85 bits per heavy atom. The van der Waals surface area contributed by atoms with E-state index >= 15 is 0 Å². The number of rotatable bonds is 3. The number of aryl methyl sites for hydroxylation is 1. The van der Waals surface area contributed by atoms with E-state index in [-0.39, 0.29) is 11.7 Å². The van der Waals surface area contributed by atoms with Crippen LogP contribution in [0.4, 0.5) is 17.3 Å². The number of hydrogen-bond acceptors (Lipinski definition) is 5. The van der Waals surface area contributed by atoms with Crippen LogP contribution in [0.1, 0.15) is 18.9 Å². The lowest BCUT2D eigenvalue weighted by Gasteiger charge is -2.22. The van der Waals surface area contributed by atoms with Crippen molar-refractivity contribution in [3.05, 3.63) is 51.3 Å². The fourth-order valence-corrected chi connectivity index (χ4v) is 3.49. The number of halogens is 1. The summed E-state index contributed by atoms with van der Waals surface area (Å²) in [7, 11) is 1.72. The molecule has 0 aliphatic carbocycles. The topological polar surface area (TPSA) is 78.3 Å². The summed E-state index contributed by atoms with van der Waals surface area (Å²) in [6.45, 7) is 8.31. The lowest BCUT2D eigenvalue weighted by Crippen LogP contribution is -2.30. The van der Waals surface area contributed by atoms with Gasteiger partial charge in [-0.3, -0.25) is 9.13 Å². The van der Waals surface area contributed by atoms with Crippen LogP contribution in [0.2, 0.25) is 5.02 Å². The summed E-state index contributed by atoms with van der Waals surface area (Å²) < 4.78 is 8.70. The van der Waals surface area contributed by atoms with Crippen LogP contribution in [0.5, 0.6) is 0 Å². The molecule has 1 fully saturated rings. The first-order chi connectivity index (χ1) is 13.1. The van der Waals surface area contributed by atoms with Crippen molar-refractivity contribution in [1.82, 2.24) is 19.1 Å². The Hall–Kier alpha value is -2.89. The van der Waals surface area contributed by atoms with Gasteiger partial charge in [-0.25, -0.2) is 14.6 Å². The molecule has 1 aliphatic rings. The Labute approximate surface area is 160 Å². The van der Waals surface area contributed by atoms with Crippen molar-refractivity contribution in [3.8, 4) is 0 Å². The molecule has 1 saturated heterocycles. The van der Waals surface area contributed by atoms with Gasteiger partial charge in [0.25, 0.3) is 0 Å². The molecule has 3 heterocycles. The molecule has 0 atom stereocenters. The quantitative estimate of drug-likeness (QED) is 0.700. The lowest BCUT2D eigenvalue weighted by molar-refractivity contribution is 0.0695. The number of imidazole rings is 1. The molecule has 0 saturated carbocycles. The zero-order chi connectivity index (χ0) is 19.0. The predicted octanol–water partition coefficient (Wildman–Crippen LogP) is 3.43. The molecule has 4 rings (SSSR count). The molecule has 138 valence electrons. The molecule has 0 bridgehead atoms. The van der Waals surface area contributed by atoms with E-state index in [2.05, 4.69) is 20.1 Å². The monoisotopic (exact) mass is 384 g/mol. The molecule has 0 radical (unpaired) electrons. The molecule has 1 aromatic carbocycles. The minimum Gasteiger partial charge on any atom is -0.381 e. The molecule has 0 unspecified atom stereocenters. The first kappa shape index (κ1) is 17.5. The van der Waals surface area contributed by atoms with E-state index in [1.807, 2.05) is 0 Å². The van der Waals surface area contributed by atoms with Gasteiger partial charge in [0.15, 0.2) is 11.3 Å². The number of fused-ring (bicyclic) bond motifs is 1. The van der Waals surface area contributed by atoms with Crippen LogP contribution in [0.25, 0.3) is 16.0 Å². The van der Waals surface area contributed by atoms with Crippen molar-refractivity contribution in [2.45, 2.75) is 18.9 Å². The molecule has 1 N–H and O–H groups in total. The zero-order valence-corrected chi connectivity index (χ0v) is 15.4. The third-order valence-electron chi connectivity index (χ3n) is 4.72.